The molecule has 1 rings (SSSR count). The Balaban J connectivity index is 2.47. The van der Waals surface area contributed by atoms with Gasteiger partial charge in [0.2, 0.25) is 0 Å². The van der Waals surface area contributed by atoms with Crippen LogP contribution in [-0.4, -0.2) is 19.8 Å². The van der Waals surface area contributed by atoms with Crippen LogP contribution in [-0.2, 0) is 0 Å². The Morgan fingerprint density at radius 3 is 0.933 bits per heavy atom. The second-order valence-corrected chi connectivity index (χ2v) is 8.43. The highest BCUT2D eigenvalue weighted by Crippen LogP contribution is 2.28. The minimum Gasteiger partial charge on any atom is -0.493 e. The van der Waals surface area contributed by atoms with Crippen LogP contribution in [0.3, 0.4) is 0 Å². The fourth-order valence-corrected chi connectivity index (χ4v) is 3.48. The molecule has 0 unspecified atom stereocenters. The SMILES string of the molecule is CCCCCCCOc1cc(OCCCCCCC)cc(OCCCCCCC)c1. The number of hydrogen-bond acceptors (Lipinski definition) is 3. The molecule has 0 heterocycles. The van der Waals surface area contributed by atoms with Crippen LogP contribution in [0.4, 0.5) is 0 Å². The molecule has 174 valence electrons. The third-order valence-electron chi connectivity index (χ3n) is 5.40. The summed E-state index contributed by atoms with van der Waals surface area (Å²) in [5.41, 5.74) is 0. The summed E-state index contributed by atoms with van der Waals surface area (Å²) < 4.78 is 18.1. The Kier molecular flexibility index (Phi) is 17.4. The summed E-state index contributed by atoms with van der Waals surface area (Å²) >= 11 is 0. The van der Waals surface area contributed by atoms with Gasteiger partial charge >= 0.3 is 0 Å². The number of rotatable bonds is 21. The topological polar surface area (TPSA) is 27.7 Å². The molecular weight excluding hydrogens is 372 g/mol. The first-order chi connectivity index (χ1) is 14.8. The third kappa shape index (κ3) is 14.6. The van der Waals surface area contributed by atoms with Crippen molar-refractivity contribution in [3.8, 4) is 17.2 Å². The summed E-state index contributed by atoms with van der Waals surface area (Å²) in [6.07, 6.45) is 18.7. The second kappa shape index (κ2) is 19.6. The molecule has 0 atom stereocenters. The maximum atomic E-state index is 6.03. The Morgan fingerprint density at radius 1 is 0.400 bits per heavy atom. The zero-order chi connectivity index (χ0) is 21.7. The van der Waals surface area contributed by atoms with E-state index in [9.17, 15) is 0 Å². The van der Waals surface area contributed by atoms with Crippen LogP contribution in [0.2, 0.25) is 0 Å². The van der Waals surface area contributed by atoms with Crippen molar-refractivity contribution >= 4 is 0 Å². The predicted octanol–water partition coefficient (Wildman–Crippen LogP) is 8.73. The maximum absolute atomic E-state index is 6.03. The fraction of sp³-hybridized carbons (Fsp3) is 0.778. The van der Waals surface area contributed by atoms with Crippen LogP contribution in [0.1, 0.15) is 117 Å². The molecule has 0 aliphatic rings. The minimum atomic E-state index is 0.765. The van der Waals surface area contributed by atoms with E-state index in [1.165, 1.54) is 77.0 Å². The highest BCUT2D eigenvalue weighted by molar-refractivity contribution is 5.42. The van der Waals surface area contributed by atoms with E-state index in [-0.39, 0.29) is 0 Å². The summed E-state index contributed by atoms with van der Waals surface area (Å²) in [5, 5.41) is 0. The molecular formula is C27H48O3. The van der Waals surface area contributed by atoms with Gasteiger partial charge in [0.05, 0.1) is 19.8 Å². The van der Waals surface area contributed by atoms with Crippen molar-refractivity contribution in [2.75, 3.05) is 19.8 Å². The molecule has 0 aliphatic heterocycles. The van der Waals surface area contributed by atoms with E-state index in [4.69, 9.17) is 14.2 Å². The largest absolute Gasteiger partial charge is 0.493 e. The monoisotopic (exact) mass is 420 g/mol. The van der Waals surface area contributed by atoms with Crippen molar-refractivity contribution in [2.24, 2.45) is 0 Å². The van der Waals surface area contributed by atoms with Gasteiger partial charge in [0.15, 0.2) is 0 Å². The molecule has 0 amide bonds. The lowest BCUT2D eigenvalue weighted by molar-refractivity contribution is 0.276. The van der Waals surface area contributed by atoms with E-state index in [1.54, 1.807) is 0 Å². The van der Waals surface area contributed by atoms with Crippen LogP contribution in [0.25, 0.3) is 0 Å². The second-order valence-electron chi connectivity index (χ2n) is 8.43. The van der Waals surface area contributed by atoms with Gasteiger partial charge in [-0.3, -0.25) is 0 Å². The van der Waals surface area contributed by atoms with Gasteiger partial charge in [0.25, 0.3) is 0 Å². The highest BCUT2D eigenvalue weighted by atomic mass is 16.5. The minimum absolute atomic E-state index is 0.765. The third-order valence-corrected chi connectivity index (χ3v) is 5.40. The van der Waals surface area contributed by atoms with E-state index in [0.29, 0.717) is 0 Å². The molecule has 0 bridgehead atoms. The summed E-state index contributed by atoms with van der Waals surface area (Å²) in [5.74, 6) is 2.61. The molecule has 0 fully saturated rings. The van der Waals surface area contributed by atoms with E-state index in [2.05, 4.69) is 20.8 Å². The van der Waals surface area contributed by atoms with Crippen molar-refractivity contribution < 1.29 is 14.2 Å². The quantitative estimate of drug-likeness (QED) is 0.186. The summed E-state index contributed by atoms with van der Waals surface area (Å²) in [7, 11) is 0. The lowest BCUT2D eigenvalue weighted by Crippen LogP contribution is -2.02. The molecule has 0 spiro atoms. The first-order valence-corrected chi connectivity index (χ1v) is 12.8. The van der Waals surface area contributed by atoms with Crippen LogP contribution in [0, 0.1) is 0 Å². The molecule has 0 saturated carbocycles. The summed E-state index contributed by atoms with van der Waals surface area (Å²) in [4.78, 5) is 0. The van der Waals surface area contributed by atoms with Crippen LogP contribution >= 0.6 is 0 Å². The average molecular weight is 421 g/mol. The highest BCUT2D eigenvalue weighted by Gasteiger charge is 2.05. The van der Waals surface area contributed by atoms with E-state index in [1.807, 2.05) is 18.2 Å². The summed E-state index contributed by atoms with van der Waals surface area (Å²) in [6.45, 7) is 9.04. The molecule has 30 heavy (non-hydrogen) atoms. The van der Waals surface area contributed by atoms with Gasteiger partial charge in [-0.2, -0.15) is 0 Å². The predicted molar refractivity (Wildman–Crippen MR) is 129 cm³/mol. The van der Waals surface area contributed by atoms with Gasteiger partial charge in [-0.25, -0.2) is 0 Å². The molecule has 0 N–H and O–H groups in total. The lowest BCUT2D eigenvalue weighted by Gasteiger charge is -2.13. The zero-order valence-electron chi connectivity index (χ0n) is 20.2. The molecule has 1 aromatic rings. The van der Waals surface area contributed by atoms with Gasteiger partial charge in [0.1, 0.15) is 17.2 Å². The number of unbranched alkanes of at least 4 members (excludes halogenated alkanes) is 12. The van der Waals surface area contributed by atoms with E-state index in [0.717, 1.165) is 56.3 Å². The van der Waals surface area contributed by atoms with Gasteiger partial charge in [-0.1, -0.05) is 97.8 Å². The Bertz CT molecular complexity index is 417. The summed E-state index contributed by atoms with van der Waals surface area (Å²) in [6, 6.07) is 6.06. The zero-order valence-corrected chi connectivity index (χ0v) is 20.2. The van der Waals surface area contributed by atoms with Crippen molar-refractivity contribution in [3.63, 3.8) is 0 Å². The van der Waals surface area contributed by atoms with Gasteiger partial charge in [-0.15, -0.1) is 0 Å². The average Bonchev–Trinajstić information content (AvgIpc) is 2.75. The lowest BCUT2D eigenvalue weighted by atomic mass is 10.2. The number of ether oxygens (including phenoxy) is 3. The Morgan fingerprint density at radius 2 is 0.667 bits per heavy atom. The van der Waals surface area contributed by atoms with Crippen molar-refractivity contribution in [1.29, 1.82) is 0 Å². The first-order valence-electron chi connectivity index (χ1n) is 12.8. The molecule has 1 aromatic carbocycles. The number of benzene rings is 1. The van der Waals surface area contributed by atoms with Gasteiger partial charge in [-0.05, 0) is 19.3 Å². The van der Waals surface area contributed by atoms with Crippen molar-refractivity contribution in [1.82, 2.24) is 0 Å². The van der Waals surface area contributed by atoms with Crippen molar-refractivity contribution in [2.45, 2.75) is 117 Å². The van der Waals surface area contributed by atoms with Crippen molar-refractivity contribution in [3.05, 3.63) is 18.2 Å². The maximum Gasteiger partial charge on any atom is 0.126 e. The van der Waals surface area contributed by atoms with Crippen LogP contribution in [0.15, 0.2) is 18.2 Å². The molecule has 0 radical (unpaired) electrons. The Hall–Kier alpha value is -1.38. The Labute approximate surface area is 186 Å². The molecule has 0 aliphatic carbocycles. The van der Waals surface area contributed by atoms with Crippen LogP contribution < -0.4 is 14.2 Å². The first kappa shape index (κ1) is 26.7. The number of hydrogen-bond donors (Lipinski definition) is 0. The van der Waals surface area contributed by atoms with E-state index < -0.39 is 0 Å². The molecule has 3 heteroatoms. The molecule has 3 nitrogen and oxygen atoms in total. The van der Waals surface area contributed by atoms with Gasteiger partial charge in [0, 0.05) is 18.2 Å². The fourth-order valence-electron chi connectivity index (χ4n) is 3.48. The smallest absolute Gasteiger partial charge is 0.126 e. The standard InChI is InChI=1S/C27H48O3/c1-4-7-10-13-16-19-28-25-22-26(29-20-17-14-11-8-5-2)24-27(23-25)30-21-18-15-12-9-6-3/h22-24H,4-21H2,1-3H3. The molecule has 0 aromatic heterocycles. The molecule has 0 saturated heterocycles. The van der Waals surface area contributed by atoms with E-state index >= 15 is 0 Å². The van der Waals surface area contributed by atoms with Crippen LogP contribution in [0.5, 0.6) is 17.2 Å². The van der Waals surface area contributed by atoms with Gasteiger partial charge < -0.3 is 14.2 Å². The normalized spacial score (nSPS) is 10.9.